The summed E-state index contributed by atoms with van der Waals surface area (Å²) >= 11 is 0. The Hall–Kier alpha value is -1.38. The molecule has 0 saturated heterocycles. The standard InChI is InChI=1S/C10H19NO4.C6H13NO2.ClH/c1-5-10(14)15-8(6-9(12)13)7-11(2,3)4;1-4(2)3-5(7)6(8)9;/h8H,5-7H2,1-4H3;4-5H,3,7H2,1-2H3,(H,8,9);1H. The number of ether oxygens (including phenoxy) is 1. The molecule has 0 aliphatic carbocycles. The maximum Gasteiger partial charge on any atom is 0.320 e. The molecule has 0 aliphatic heterocycles. The van der Waals surface area contributed by atoms with Crippen LogP contribution < -0.4 is 10.8 Å². The molecule has 0 saturated carbocycles. The third-order valence-corrected chi connectivity index (χ3v) is 2.78. The van der Waals surface area contributed by atoms with E-state index in [1.807, 2.05) is 35.0 Å². The van der Waals surface area contributed by atoms with Gasteiger partial charge in [-0.2, -0.15) is 0 Å². The van der Waals surface area contributed by atoms with Gasteiger partial charge in [0.25, 0.3) is 0 Å². The summed E-state index contributed by atoms with van der Waals surface area (Å²) in [6.07, 6.45) is -0.0560. The lowest BCUT2D eigenvalue weighted by molar-refractivity contribution is -0.873. The maximum atomic E-state index is 11.0. The predicted octanol–water partition coefficient (Wildman–Crippen LogP) is 0.0206. The van der Waals surface area contributed by atoms with Gasteiger partial charge in [0, 0.05) is 18.8 Å². The molecule has 2 atom stereocenters. The highest BCUT2D eigenvalue weighted by atomic mass is 35.5. The lowest BCUT2D eigenvalue weighted by atomic mass is 10.1. The molecule has 0 aromatic heterocycles. The Kier molecular flexibility index (Phi) is 15.8. The first-order valence-corrected chi connectivity index (χ1v) is 7.96. The van der Waals surface area contributed by atoms with E-state index in [0.717, 1.165) is 0 Å². The minimum Gasteiger partial charge on any atom is -0.550 e. The van der Waals surface area contributed by atoms with Gasteiger partial charge in [0.2, 0.25) is 0 Å². The summed E-state index contributed by atoms with van der Waals surface area (Å²) in [4.78, 5) is 31.6. The van der Waals surface area contributed by atoms with Crippen LogP contribution in [0, 0.1) is 5.92 Å². The van der Waals surface area contributed by atoms with Gasteiger partial charge in [0.05, 0.1) is 21.1 Å². The third-order valence-electron chi connectivity index (χ3n) is 2.78. The monoisotopic (exact) mass is 384 g/mol. The molecule has 0 heterocycles. The molecular formula is C16H33ClN2O6. The molecule has 3 N–H and O–H groups in total. The summed E-state index contributed by atoms with van der Waals surface area (Å²) in [5.74, 6) is -2.13. The number of quaternary nitrogens is 1. The number of esters is 1. The number of hydrogen-bond donors (Lipinski definition) is 2. The molecule has 0 aliphatic rings. The number of rotatable bonds is 9. The van der Waals surface area contributed by atoms with E-state index in [0.29, 0.717) is 23.4 Å². The fourth-order valence-electron chi connectivity index (χ4n) is 1.82. The van der Waals surface area contributed by atoms with Gasteiger partial charge in [-0.15, -0.1) is 12.4 Å². The number of halogens is 1. The zero-order valence-corrected chi connectivity index (χ0v) is 16.8. The van der Waals surface area contributed by atoms with Crippen molar-refractivity contribution in [2.45, 2.75) is 52.2 Å². The van der Waals surface area contributed by atoms with Crippen molar-refractivity contribution in [1.29, 1.82) is 0 Å². The summed E-state index contributed by atoms with van der Waals surface area (Å²) in [6.45, 7) is 6.02. The Balaban J connectivity index is -0.000000418. The maximum absolute atomic E-state index is 11.0. The molecule has 0 spiro atoms. The largest absolute Gasteiger partial charge is 0.550 e. The Bertz CT molecular complexity index is 410. The molecular weight excluding hydrogens is 352 g/mol. The van der Waals surface area contributed by atoms with E-state index in [9.17, 15) is 19.5 Å². The fourth-order valence-corrected chi connectivity index (χ4v) is 1.82. The van der Waals surface area contributed by atoms with E-state index < -0.39 is 24.1 Å². The van der Waals surface area contributed by atoms with E-state index in [1.54, 1.807) is 6.92 Å². The number of carboxylic acid groups (broad SMARTS) is 2. The van der Waals surface area contributed by atoms with Gasteiger partial charge < -0.3 is 30.0 Å². The zero-order chi connectivity index (χ0) is 19.5. The second-order valence-electron chi connectivity index (χ2n) is 7.09. The van der Waals surface area contributed by atoms with Gasteiger partial charge in [-0.25, -0.2) is 0 Å². The van der Waals surface area contributed by atoms with Crippen molar-refractivity contribution in [2.24, 2.45) is 11.7 Å². The topological polar surface area (TPSA) is 130 Å². The average molecular weight is 385 g/mol. The molecule has 0 fully saturated rings. The van der Waals surface area contributed by atoms with Gasteiger partial charge in [-0.1, -0.05) is 20.8 Å². The summed E-state index contributed by atoms with van der Waals surface area (Å²) in [5.41, 5.74) is 5.22. The number of hydrogen-bond acceptors (Lipinski definition) is 6. The Morgan fingerprint density at radius 1 is 1.20 bits per heavy atom. The van der Waals surface area contributed by atoms with Gasteiger partial charge in [0.15, 0.2) is 6.10 Å². The number of carbonyl (C=O) groups is 3. The molecule has 2 unspecified atom stereocenters. The number of aliphatic carboxylic acids is 2. The van der Waals surface area contributed by atoms with Gasteiger partial charge in [-0.3, -0.25) is 9.59 Å². The number of nitrogens with two attached hydrogens (primary N) is 1. The normalized spacial score (nSPS) is 13.0. The number of likely N-dealkylation sites (N-methyl/N-ethyl adjacent to an activating group) is 1. The Morgan fingerprint density at radius 3 is 1.92 bits per heavy atom. The van der Waals surface area contributed by atoms with Crippen molar-refractivity contribution < 1.29 is 33.8 Å². The molecule has 9 heteroatoms. The van der Waals surface area contributed by atoms with Crippen molar-refractivity contribution in [1.82, 2.24) is 0 Å². The van der Waals surface area contributed by atoms with Crippen LogP contribution in [-0.4, -0.2) is 67.3 Å². The van der Waals surface area contributed by atoms with Gasteiger partial charge in [0.1, 0.15) is 12.6 Å². The molecule has 150 valence electrons. The summed E-state index contributed by atoms with van der Waals surface area (Å²) in [6, 6.07) is -0.690. The lowest BCUT2D eigenvalue weighted by Gasteiger charge is -2.29. The Morgan fingerprint density at radius 2 is 1.68 bits per heavy atom. The highest BCUT2D eigenvalue weighted by Gasteiger charge is 2.21. The quantitative estimate of drug-likeness (QED) is 0.423. The number of carboxylic acids is 2. The molecule has 0 amide bonds. The van der Waals surface area contributed by atoms with E-state index in [4.69, 9.17) is 15.6 Å². The van der Waals surface area contributed by atoms with Crippen LogP contribution in [-0.2, 0) is 19.1 Å². The molecule has 0 rings (SSSR count). The zero-order valence-electron chi connectivity index (χ0n) is 16.0. The summed E-state index contributed by atoms with van der Waals surface area (Å²) in [7, 11) is 5.71. The van der Waals surface area contributed by atoms with Gasteiger partial charge >= 0.3 is 11.9 Å². The van der Waals surface area contributed by atoms with Crippen LogP contribution in [0.15, 0.2) is 0 Å². The van der Waals surface area contributed by atoms with E-state index >= 15 is 0 Å². The average Bonchev–Trinajstić information content (AvgIpc) is 2.35. The first kappa shape index (κ1) is 28.4. The molecule has 0 radical (unpaired) electrons. The highest BCUT2D eigenvalue weighted by molar-refractivity contribution is 5.85. The van der Waals surface area contributed by atoms with Crippen molar-refractivity contribution in [3.63, 3.8) is 0 Å². The van der Waals surface area contributed by atoms with Crippen molar-refractivity contribution in [3.05, 3.63) is 0 Å². The van der Waals surface area contributed by atoms with Crippen LogP contribution in [0.2, 0.25) is 0 Å². The SMILES string of the molecule is CC(C)CC(N)C(=O)O.CCC(=O)OC(CC(=O)[O-])C[N+](C)(C)C.Cl. The highest BCUT2D eigenvalue weighted by Crippen LogP contribution is 2.05. The predicted molar refractivity (Wildman–Crippen MR) is 95.0 cm³/mol. The minimum atomic E-state index is -1.20. The van der Waals surface area contributed by atoms with Gasteiger partial charge in [-0.05, 0) is 12.3 Å². The van der Waals surface area contributed by atoms with Crippen molar-refractivity contribution >= 4 is 30.3 Å². The van der Waals surface area contributed by atoms with Crippen LogP contribution in [0.4, 0.5) is 0 Å². The van der Waals surface area contributed by atoms with Crippen LogP contribution in [0.5, 0.6) is 0 Å². The first-order valence-electron chi connectivity index (χ1n) is 7.96. The molecule has 0 bridgehead atoms. The third kappa shape index (κ3) is 20.6. The van der Waals surface area contributed by atoms with Crippen LogP contribution in [0.25, 0.3) is 0 Å². The molecule has 8 nitrogen and oxygen atoms in total. The lowest BCUT2D eigenvalue weighted by Crippen LogP contribution is -2.45. The fraction of sp³-hybridized carbons (Fsp3) is 0.812. The summed E-state index contributed by atoms with van der Waals surface area (Å²) in [5, 5.41) is 18.8. The number of nitrogens with zero attached hydrogens (tertiary/aromatic N) is 1. The second kappa shape index (κ2) is 13.9. The van der Waals surface area contributed by atoms with Crippen molar-refractivity contribution in [2.75, 3.05) is 27.7 Å². The summed E-state index contributed by atoms with van der Waals surface area (Å²) < 4.78 is 5.55. The molecule has 0 aromatic carbocycles. The number of carbonyl (C=O) groups excluding carboxylic acids is 2. The molecule has 0 aromatic rings. The smallest absolute Gasteiger partial charge is 0.320 e. The van der Waals surface area contributed by atoms with Crippen molar-refractivity contribution in [3.8, 4) is 0 Å². The second-order valence-corrected chi connectivity index (χ2v) is 7.09. The van der Waals surface area contributed by atoms with Crippen LogP contribution >= 0.6 is 12.4 Å². The first-order chi connectivity index (χ1) is 10.8. The van der Waals surface area contributed by atoms with E-state index in [-0.39, 0.29) is 31.2 Å². The van der Waals surface area contributed by atoms with E-state index in [1.165, 1.54) is 0 Å². The van der Waals surface area contributed by atoms with Crippen LogP contribution in [0.1, 0.15) is 40.0 Å². The minimum absolute atomic E-state index is 0. The van der Waals surface area contributed by atoms with E-state index in [2.05, 4.69) is 0 Å². The molecule has 25 heavy (non-hydrogen) atoms. The Labute approximate surface area is 156 Å². The van der Waals surface area contributed by atoms with Crippen LogP contribution in [0.3, 0.4) is 0 Å².